The average Bonchev–Trinajstić information content (AvgIpc) is 2.90. The van der Waals surface area contributed by atoms with Crippen LogP contribution in [0.2, 0.25) is 0 Å². The molecule has 8 nitrogen and oxygen atoms in total. The summed E-state index contributed by atoms with van der Waals surface area (Å²) in [5.41, 5.74) is -1.12. The highest BCUT2D eigenvalue weighted by Crippen LogP contribution is 2.36. The molecular formula is C11H16N4O4. The number of aromatic nitrogens is 2. The summed E-state index contributed by atoms with van der Waals surface area (Å²) >= 11 is 0. The molecule has 0 spiro atoms. The second-order valence-electron chi connectivity index (χ2n) is 4.87. The van der Waals surface area contributed by atoms with Gasteiger partial charge in [-0.05, 0) is 22.7 Å². The summed E-state index contributed by atoms with van der Waals surface area (Å²) in [7, 11) is 1.63. The van der Waals surface area contributed by atoms with E-state index in [1.807, 2.05) is 0 Å². The van der Waals surface area contributed by atoms with Gasteiger partial charge < -0.3 is 20.5 Å². The second-order valence-corrected chi connectivity index (χ2v) is 4.87. The van der Waals surface area contributed by atoms with Gasteiger partial charge in [0.1, 0.15) is 5.54 Å². The zero-order valence-electron chi connectivity index (χ0n) is 10.8. The molecule has 2 N–H and O–H groups in total. The fourth-order valence-electron chi connectivity index (χ4n) is 2.46. The van der Waals surface area contributed by atoms with Crippen LogP contribution < -0.4 is 5.32 Å². The van der Waals surface area contributed by atoms with E-state index >= 15 is 0 Å². The minimum atomic E-state index is -1.12. The van der Waals surface area contributed by atoms with Crippen molar-refractivity contribution in [2.45, 2.75) is 38.1 Å². The van der Waals surface area contributed by atoms with E-state index in [9.17, 15) is 20.0 Å². The Labute approximate surface area is 109 Å². The smallest absolute Gasteiger partial charge is 0.406 e. The molecule has 0 aliphatic heterocycles. The maximum atomic E-state index is 11.5. The molecule has 1 aliphatic carbocycles. The molecule has 2 rings (SSSR count). The molecule has 0 aromatic carbocycles. The predicted octanol–water partition coefficient (Wildman–Crippen LogP) is 1.45. The first-order valence-corrected chi connectivity index (χ1v) is 6.07. The lowest BCUT2D eigenvalue weighted by Gasteiger charge is -2.25. The Morgan fingerprint density at radius 2 is 2.11 bits per heavy atom. The molecule has 1 aliphatic rings. The van der Waals surface area contributed by atoms with Crippen molar-refractivity contribution in [3.8, 4) is 0 Å². The standard InChI is InChI=1S/C11H16N4O4/c1-7-12-8(15(18)19)9(14(7)2)13-11(10(16)17)5-3-4-6-11/h13H,3-6H2,1-2H3,(H,16,17). The zero-order valence-corrected chi connectivity index (χ0v) is 10.8. The molecular weight excluding hydrogens is 252 g/mol. The third-order valence-electron chi connectivity index (χ3n) is 3.70. The first-order valence-electron chi connectivity index (χ1n) is 6.07. The van der Waals surface area contributed by atoms with Crippen LogP contribution in [-0.2, 0) is 11.8 Å². The fraction of sp³-hybridized carbons (Fsp3) is 0.636. The van der Waals surface area contributed by atoms with Crippen molar-refractivity contribution in [2.24, 2.45) is 7.05 Å². The molecule has 8 heteroatoms. The van der Waals surface area contributed by atoms with E-state index in [0.717, 1.165) is 12.8 Å². The molecule has 0 bridgehead atoms. The minimum absolute atomic E-state index is 0.159. The van der Waals surface area contributed by atoms with Crippen LogP contribution >= 0.6 is 0 Å². The fourth-order valence-corrected chi connectivity index (χ4v) is 2.46. The van der Waals surface area contributed by atoms with Crippen LogP contribution in [0, 0.1) is 17.0 Å². The second kappa shape index (κ2) is 4.52. The van der Waals surface area contributed by atoms with Gasteiger partial charge in [-0.2, -0.15) is 0 Å². The predicted molar refractivity (Wildman–Crippen MR) is 67.1 cm³/mol. The van der Waals surface area contributed by atoms with E-state index in [4.69, 9.17) is 0 Å². The number of carboxylic acid groups (broad SMARTS) is 1. The zero-order chi connectivity index (χ0) is 14.2. The Balaban J connectivity index is 2.42. The van der Waals surface area contributed by atoms with Gasteiger partial charge in [-0.1, -0.05) is 12.8 Å². The van der Waals surface area contributed by atoms with Crippen molar-refractivity contribution in [3.05, 3.63) is 15.9 Å². The number of hydrogen-bond donors (Lipinski definition) is 2. The number of aryl methyl sites for hydroxylation is 1. The lowest BCUT2D eigenvalue weighted by Crippen LogP contribution is -2.44. The molecule has 1 aromatic heterocycles. The van der Waals surface area contributed by atoms with Crippen LogP contribution in [0.15, 0.2) is 0 Å². The number of nitrogens with one attached hydrogen (secondary N) is 1. The Kier molecular flexibility index (Phi) is 3.17. The van der Waals surface area contributed by atoms with Gasteiger partial charge in [0.2, 0.25) is 11.6 Å². The highest BCUT2D eigenvalue weighted by atomic mass is 16.6. The average molecular weight is 268 g/mol. The number of hydrogen-bond acceptors (Lipinski definition) is 5. The van der Waals surface area contributed by atoms with Crippen LogP contribution in [0.25, 0.3) is 0 Å². The highest BCUT2D eigenvalue weighted by Gasteiger charge is 2.43. The van der Waals surface area contributed by atoms with E-state index in [-0.39, 0.29) is 11.6 Å². The molecule has 0 unspecified atom stereocenters. The Morgan fingerprint density at radius 3 is 2.58 bits per heavy atom. The molecule has 1 heterocycles. The van der Waals surface area contributed by atoms with Crippen LogP contribution in [0.5, 0.6) is 0 Å². The van der Waals surface area contributed by atoms with Gasteiger partial charge in [-0.3, -0.25) is 4.57 Å². The number of anilines is 1. The summed E-state index contributed by atoms with van der Waals surface area (Å²) in [5, 5.41) is 23.2. The molecule has 1 fully saturated rings. The highest BCUT2D eigenvalue weighted by molar-refractivity contribution is 5.83. The Morgan fingerprint density at radius 1 is 1.53 bits per heavy atom. The maximum absolute atomic E-state index is 11.5. The summed E-state index contributed by atoms with van der Waals surface area (Å²) in [5.74, 6) is -0.676. The van der Waals surface area contributed by atoms with E-state index in [0.29, 0.717) is 18.7 Å². The Bertz CT molecular complexity index is 531. The number of nitro groups is 1. The molecule has 1 aromatic rings. The van der Waals surface area contributed by atoms with Crippen molar-refractivity contribution in [3.63, 3.8) is 0 Å². The maximum Gasteiger partial charge on any atom is 0.406 e. The molecule has 104 valence electrons. The lowest BCUT2D eigenvalue weighted by atomic mass is 9.98. The Hall–Kier alpha value is -2.12. The van der Waals surface area contributed by atoms with Gasteiger partial charge in [0, 0.05) is 14.0 Å². The normalized spacial score (nSPS) is 17.4. The topological polar surface area (TPSA) is 110 Å². The van der Waals surface area contributed by atoms with Gasteiger partial charge in [-0.15, -0.1) is 0 Å². The van der Waals surface area contributed by atoms with Crippen molar-refractivity contribution in [2.75, 3.05) is 5.32 Å². The van der Waals surface area contributed by atoms with Gasteiger partial charge in [0.15, 0.2) is 0 Å². The molecule has 0 saturated heterocycles. The molecule has 0 radical (unpaired) electrons. The minimum Gasteiger partial charge on any atom is -0.480 e. The number of imidazole rings is 1. The summed E-state index contributed by atoms with van der Waals surface area (Å²) in [6.07, 6.45) is 2.52. The number of nitrogens with zero attached hydrogens (tertiary/aromatic N) is 3. The summed E-state index contributed by atoms with van der Waals surface area (Å²) < 4.78 is 1.52. The number of carboxylic acids is 1. The van der Waals surface area contributed by atoms with E-state index < -0.39 is 16.4 Å². The third-order valence-corrected chi connectivity index (χ3v) is 3.70. The third kappa shape index (κ3) is 2.13. The molecule has 0 amide bonds. The molecule has 19 heavy (non-hydrogen) atoms. The lowest BCUT2D eigenvalue weighted by molar-refractivity contribution is -0.388. The van der Waals surface area contributed by atoms with Crippen molar-refractivity contribution in [1.29, 1.82) is 0 Å². The number of aliphatic carboxylic acids is 1. The number of rotatable bonds is 4. The SMILES string of the molecule is Cc1nc([N+](=O)[O-])c(NC2(C(=O)O)CCCC2)n1C. The van der Waals surface area contributed by atoms with E-state index in [1.54, 1.807) is 14.0 Å². The van der Waals surface area contributed by atoms with Gasteiger partial charge in [0.05, 0.1) is 0 Å². The number of carbonyl (C=O) groups is 1. The van der Waals surface area contributed by atoms with Crippen molar-refractivity contribution in [1.82, 2.24) is 9.55 Å². The summed E-state index contributed by atoms with van der Waals surface area (Å²) in [4.78, 5) is 25.7. The van der Waals surface area contributed by atoms with Crippen LogP contribution in [0.3, 0.4) is 0 Å². The quantitative estimate of drug-likeness (QED) is 0.631. The summed E-state index contributed by atoms with van der Waals surface area (Å²) in [6, 6.07) is 0. The van der Waals surface area contributed by atoms with Crippen LogP contribution in [-0.4, -0.2) is 31.1 Å². The van der Waals surface area contributed by atoms with Crippen molar-refractivity contribution < 1.29 is 14.8 Å². The largest absolute Gasteiger partial charge is 0.480 e. The van der Waals surface area contributed by atoms with E-state index in [2.05, 4.69) is 10.3 Å². The summed E-state index contributed by atoms with van der Waals surface area (Å²) in [6.45, 7) is 1.64. The van der Waals surface area contributed by atoms with E-state index in [1.165, 1.54) is 4.57 Å². The van der Waals surface area contributed by atoms with Gasteiger partial charge >= 0.3 is 11.8 Å². The van der Waals surface area contributed by atoms with Crippen LogP contribution in [0.4, 0.5) is 11.6 Å². The monoisotopic (exact) mass is 268 g/mol. The van der Waals surface area contributed by atoms with Gasteiger partial charge in [-0.25, -0.2) is 4.79 Å². The first kappa shape index (κ1) is 13.3. The first-order chi connectivity index (χ1) is 8.87. The molecule has 0 atom stereocenters. The van der Waals surface area contributed by atoms with Crippen molar-refractivity contribution >= 4 is 17.6 Å². The van der Waals surface area contributed by atoms with Crippen LogP contribution in [0.1, 0.15) is 31.5 Å². The molecule has 1 saturated carbocycles. The van der Waals surface area contributed by atoms with Gasteiger partial charge in [0.25, 0.3) is 0 Å².